The van der Waals surface area contributed by atoms with Gasteiger partial charge in [-0.05, 0) is 42.1 Å². The number of carbonyl (C=O) groups is 1. The third-order valence-electron chi connectivity index (χ3n) is 3.85. The first-order chi connectivity index (χ1) is 14.8. The van der Waals surface area contributed by atoms with E-state index >= 15 is 0 Å². The number of rotatable bonds is 5. The van der Waals surface area contributed by atoms with E-state index in [1.165, 1.54) is 29.9 Å². The van der Waals surface area contributed by atoms with Crippen LogP contribution in [0.25, 0.3) is 0 Å². The van der Waals surface area contributed by atoms with Crippen LogP contribution in [0.5, 0.6) is 5.75 Å². The monoisotopic (exact) mass is 496 g/mol. The molecular weight excluding hydrogens is 486 g/mol. The second-order valence-corrected chi connectivity index (χ2v) is 7.49. The quantitative estimate of drug-likeness (QED) is 0.453. The molecule has 3 aromatic rings. The zero-order valence-electron chi connectivity index (χ0n) is 15.8. The molecule has 0 saturated carbocycles. The molecule has 0 unspecified atom stereocenters. The second-order valence-electron chi connectivity index (χ2n) is 6.12. The molecule has 6 nitrogen and oxygen atoms in total. The maximum Gasteiger partial charge on any atom is 0.573 e. The van der Waals surface area contributed by atoms with E-state index in [1.54, 1.807) is 0 Å². The van der Waals surface area contributed by atoms with Gasteiger partial charge in [-0.15, -0.1) is 13.2 Å². The molecule has 1 amide bonds. The Kier molecular flexibility index (Phi) is 6.60. The fraction of sp³-hybridized carbons (Fsp3) is 0.167. The Balaban J connectivity index is 1.71. The molecule has 0 atom stereocenters. The van der Waals surface area contributed by atoms with Gasteiger partial charge in [0.25, 0.3) is 5.91 Å². The molecule has 0 aliphatic heterocycles. The van der Waals surface area contributed by atoms with Crippen molar-refractivity contribution in [2.45, 2.75) is 22.7 Å². The topological polar surface area (TPSA) is 69.0 Å². The number of anilines is 1. The Morgan fingerprint density at radius 1 is 1.09 bits per heavy atom. The average Bonchev–Trinajstić information content (AvgIpc) is 3.03. The number of carbonyl (C=O) groups excluding carboxylic acids is 1. The SMILES string of the molecule is Cn1c(C(=O)Nc2ccc(OC(F)(F)F)cc2)cnc1Sc1ncc(C(F)(F)F)cc1Cl. The van der Waals surface area contributed by atoms with Crippen LogP contribution in [0, 0.1) is 0 Å². The summed E-state index contributed by atoms with van der Waals surface area (Å²) in [5, 5.41) is 2.53. The zero-order valence-corrected chi connectivity index (χ0v) is 17.3. The van der Waals surface area contributed by atoms with Crippen LogP contribution in [0.4, 0.5) is 32.0 Å². The maximum atomic E-state index is 12.7. The molecule has 0 bridgehead atoms. The van der Waals surface area contributed by atoms with E-state index in [0.717, 1.165) is 30.0 Å². The van der Waals surface area contributed by atoms with Crippen molar-refractivity contribution in [3.8, 4) is 5.75 Å². The Bertz CT molecular complexity index is 1130. The number of amides is 1. The summed E-state index contributed by atoms with van der Waals surface area (Å²) < 4.78 is 79.9. The number of imidazole rings is 1. The minimum atomic E-state index is -4.83. The number of ether oxygens (including phenoxy) is 1. The molecule has 14 heteroatoms. The summed E-state index contributed by atoms with van der Waals surface area (Å²) in [5.74, 6) is -1.07. The molecule has 170 valence electrons. The Morgan fingerprint density at radius 3 is 2.31 bits per heavy atom. The van der Waals surface area contributed by atoms with E-state index in [2.05, 4.69) is 20.0 Å². The summed E-state index contributed by atoms with van der Waals surface area (Å²) in [4.78, 5) is 20.2. The third kappa shape index (κ3) is 5.85. The van der Waals surface area contributed by atoms with Gasteiger partial charge in [0, 0.05) is 18.9 Å². The molecule has 1 aromatic carbocycles. The summed E-state index contributed by atoms with van der Waals surface area (Å²) in [7, 11) is 1.49. The first-order valence-corrected chi connectivity index (χ1v) is 9.62. The molecule has 2 aromatic heterocycles. The molecule has 0 spiro atoms. The summed E-state index contributed by atoms with van der Waals surface area (Å²) in [6, 6.07) is 5.24. The molecule has 0 saturated heterocycles. The van der Waals surface area contributed by atoms with Crippen molar-refractivity contribution in [2.24, 2.45) is 7.05 Å². The van der Waals surface area contributed by atoms with Gasteiger partial charge in [0.2, 0.25) is 0 Å². The molecule has 32 heavy (non-hydrogen) atoms. The van der Waals surface area contributed by atoms with Crippen molar-refractivity contribution in [3.63, 3.8) is 0 Å². The minimum absolute atomic E-state index is 0.0561. The van der Waals surface area contributed by atoms with E-state index < -0.39 is 29.8 Å². The van der Waals surface area contributed by atoms with Crippen LogP contribution in [0.15, 0.2) is 52.9 Å². The first kappa shape index (κ1) is 23.7. The number of alkyl halides is 6. The summed E-state index contributed by atoms with van der Waals surface area (Å²) in [5.41, 5.74) is -0.725. The fourth-order valence-corrected chi connectivity index (χ4v) is 3.43. The molecule has 0 radical (unpaired) electrons. The van der Waals surface area contributed by atoms with Gasteiger partial charge < -0.3 is 14.6 Å². The summed E-state index contributed by atoms with van der Waals surface area (Å²) in [6.45, 7) is 0. The van der Waals surface area contributed by atoms with Crippen LogP contribution >= 0.6 is 23.4 Å². The van der Waals surface area contributed by atoms with Gasteiger partial charge in [0.05, 0.1) is 16.8 Å². The van der Waals surface area contributed by atoms with Gasteiger partial charge in [-0.3, -0.25) is 4.79 Å². The fourth-order valence-electron chi connectivity index (χ4n) is 2.38. The number of hydrogen-bond donors (Lipinski definition) is 1. The molecule has 3 rings (SSSR count). The molecule has 0 fully saturated rings. The van der Waals surface area contributed by atoms with Gasteiger partial charge >= 0.3 is 12.5 Å². The number of pyridine rings is 1. The molecule has 0 aliphatic rings. The van der Waals surface area contributed by atoms with Gasteiger partial charge in [-0.1, -0.05) is 11.6 Å². The van der Waals surface area contributed by atoms with Crippen LogP contribution in [-0.4, -0.2) is 26.8 Å². The number of benzene rings is 1. The first-order valence-electron chi connectivity index (χ1n) is 8.43. The highest BCUT2D eigenvalue weighted by Gasteiger charge is 2.32. The number of nitrogens with one attached hydrogen (secondary N) is 1. The van der Waals surface area contributed by atoms with Crippen molar-refractivity contribution in [1.82, 2.24) is 14.5 Å². The molecule has 2 heterocycles. The summed E-state index contributed by atoms with van der Waals surface area (Å²) >= 11 is 6.74. The number of hydrogen-bond acceptors (Lipinski definition) is 5. The van der Waals surface area contributed by atoms with Crippen molar-refractivity contribution in [2.75, 3.05) is 5.32 Å². The lowest BCUT2D eigenvalue weighted by Crippen LogP contribution is -2.17. The predicted octanol–water partition coefficient (Wildman–Crippen LogP) is 5.79. The average molecular weight is 497 g/mol. The number of nitrogens with zero attached hydrogens (tertiary/aromatic N) is 3. The van der Waals surface area contributed by atoms with Crippen molar-refractivity contribution in [3.05, 3.63) is 59.0 Å². The van der Waals surface area contributed by atoms with E-state index in [-0.39, 0.29) is 26.6 Å². The Morgan fingerprint density at radius 2 is 1.75 bits per heavy atom. The smallest absolute Gasteiger partial charge is 0.406 e. The van der Waals surface area contributed by atoms with Gasteiger partial charge in [0.15, 0.2) is 5.16 Å². The van der Waals surface area contributed by atoms with E-state index in [4.69, 9.17) is 11.6 Å². The lowest BCUT2D eigenvalue weighted by Gasteiger charge is -2.10. The van der Waals surface area contributed by atoms with Crippen molar-refractivity contribution >= 4 is 35.0 Å². The van der Waals surface area contributed by atoms with Gasteiger partial charge in [-0.25, -0.2) is 9.97 Å². The van der Waals surface area contributed by atoms with Crippen LogP contribution in [0.3, 0.4) is 0 Å². The lowest BCUT2D eigenvalue weighted by molar-refractivity contribution is -0.274. The molecule has 1 N–H and O–H groups in total. The number of aromatic nitrogens is 3. The van der Waals surface area contributed by atoms with Crippen LogP contribution in [-0.2, 0) is 13.2 Å². The second kappa shape index (κ2) is 8.90. The van der Waals surface area contributed by atoms with Gasteiger partial charge in [0.1, 0.15) is 16.5 Å². The Labute approximate surface area is 185 Å². The largest absolute Gasteiger partial charge is 0.573 e. The standard InChI is InChI=1S/C18H11ClF6N4O2S/c1-29-13(14(30)28-10-2-4-11(5-3-10)31-18(23,24)25)8-27-16(29)32-15-12(19)6-9(7-26-15)17(20,21)22/h2-8H,1H3,(H,28,30). The molecule has 0 aliphatic carbocycles. The molecular formula is C18H11ClF6N4O2S. The van der Waals surface area contributed by atoms with Crippen LogP contribution < -0.4 is 10.1 Å². The highest BCUT2D eigenvalue weighted by atomic mass is 35.5. The normalized spacial score (nSPS) is 12.0. The third-order valence-corrected chi connectivity index (χ3v) is 5.33. The van der Waals surface area contributed by atoms with Crippen LogP contribution in [0.1, 0.15) is 16.1 Å². The highest BCUT2D eigenvalue weighted by molar-refractivity contribution is 7.99. The van der Waals surface area contributed by atoms with Crippen LogP contribution in [0.2, 0.25) is 5.02 Å². The minimum Gasteiger partial charge on any atom is -0.406 e. The zero-order chi connectivity index (χ0) is 23.7. The maximum absolute atomic E-state index is 12.7. The lowest BCUT2D eigenvalue weighted by atomic mass is 10.3. The number of halogens is 7. The van der Waals surface area contributed by atoms with Crippen molar-refractivity contribution < 1.29 is 35.9 Å². The van der Waals surface area contributed by atoms with Gasteiger partial charge in [-0.2, -0.15) is 13.2 Å². The predicted molar refractivity (Wildman–Crippen MR) is 103 cm³/mol. The highest BCUT2D eigenvalue weighted by Crippen LogP contribution is 2.36. The Hall–Kier alpha value is -2.93. The van der Waals surface area contributed by atoms with E-state index in [0.29, 0.717) is 6.20 Å². The van der Waals surface area contributed by atoms with E-state index in [1.807, 2.05) is 0 Å². The van der Waals surface area contributed by atoms with E-state index in [9.17, 15) is 31.1 Å². The summed E-state index contributed by atoms with van der Waals surface area (Å²) in [6.07, 6.45) is -7.57. The van der Waals surface area contributed by atoms with Crippen molar-refractivity contribution in [1.29, 1.82) is 0 Å².